The van der Waals surface area contributed by atoms with Crippen LogP contribution >= 0.6 is 0 Å². The van der Waals surface area contributed by atoms with Crippen molar-refractivity contribution in [2.45, 2.75) is 58.4 Å². The number of hydrogen-bond acceptors (Lipinski definition) is 2. The molecule has 0 aromatic rings. The first-order chi connectivity index (χ1) is 7.38. The van der Waals surface area contributed by atoms with Gasteiger partial charge in [-0.1, -0.05) is 33.1 Å². The van der Waals surface area contributed by atoms with Crippen molar-refractivity contribution >= 4 is 0 Å². The molecule has 1 aliphatic rings. The van der Waals surface area contributed by atoms with Crippen LogP contribution in [0.25, 0.3) is 0 Å². The molecular weight excluding hydrogens is 186 g/mol. The van der Waals surface area contributed by atoms with Crippen molar-refractivity contribution in [2.75, 3.05) is 13.2 Å². The van der Waals surface area contributed by atoms with Crippen molar-refractivity contribution in [2.24, 2.45) is 0 Å². The number of ether oxygens (including phenoxy) is 1. The first kappa shape index (κ1) is 12.6. The third-order valence-corrected chi connectivity index (χ3v) is 2.81. The van der Waals surface area contributed by atoms with Crippen LogP contribution in [-0.2, 0) is 4.74 Å². The summed E-state index contributed by atoms with van der Waals surface area (Å²) in [7, 11) is 0. The Hall–Kier alpha value is -0.500. The maximum absolute atomic E-state index is 5.64. The van der Waals surface area contributed by atoms with E-state index in [1.165, 1.54) is 37.9 Å². The Labute approximate surface area is 94.1 Å². The summed E-state index contributed by atoms with van der Waals surface area (Å²) in [5.41, 5.74) is 0. The molecule has 0 bridgehead atoms. The summed E-state index contributed by atoms with van der Waals surface area (Å²) in [6.07, 6.45) is 9.68. The summed E-state index contributed by atoms with van der Waals surface area (Å²) in [6.45, 7) is 6.44. The zero-order valence-electron chi connectivity index (χ0n) is 10.2. The van der Waals surface area contributed by atoms with Gasteiger partial charge in [0.05, 0.1) is 12.6 Å². The molecule has 0 aliphatic carbocycles. The van der Waals surface area contributed by atoms with Crippen LogP contribution < -0.4 is 5.32 Å². The molecule has 2 nitrogen and oxygen atoms in total. The molecule has 1 aliphatic heterocycles. The number of nitrogens with one attached hydrogen (secondary N) is 1. The summed E-state index contributed by atoms with van der Waals surface area (Å²) in [5.74, 6) is 1.19. The van der Waals surface area contributed by atoms with Gasteiger partial charge >= 0.3 is 0 Å². The van der Waals surface area contributed by atoms with Crippen LogP contribution in [-0.4, -0.2) is 19.2 Å². The lowest BCUT2D eigenvalue weighted by Gasteiger charge is -2.19. The third-order valence-electron chi connectivity index (χ3n) is 2.81. The van der Waals surface area contributed by atoms with E-state index in [2.05, 4.69) is 25.2 Å². The summed E-state index contributed by atoms with van der Waals surface area (Å²) < 4.78 is 5.64. The van der Waals surface area contributed by atoms with Gasteiger partial charge in [0.1, 0.15) is 5.76 Å². The predicted octanol–water partition coefficient (Wildman–Crippen LogP) is 3.24. The van der Waals surface area contributed by atoms with Gasteiger partial charge in [-0.15, -0.1) is 0 Å². The van der Waals surface area contributed by atoms with E-state index in [0.29, 0.717) is 6.04 Å². The number of rotatable bonds is 8. The summed E-state index contributed by atoms with van der Waals surface area (Å²) in [6, 6.07) is 0.471. The summed E-state index contributed by atoms with van der Waals surface area (Å²) in [5, 5.41) is 3.58. The molecule has 0 saturated carbocycles. The van der Waals surface area contributed by atoms with Gasteiger partial charge in [-0.05, 0) is 25.5 Å². The molecule has 1 N–H and O–H groups in total. The molecule has 0 fully saturated rings. The fraction of sp³-hybridized carbons (Fsp3) is 0.846. The molecule has 0 spiro atoms. The topological polar surface area (TPSA) is 21.3 Å². The molecule has 1 rings (SSSR count). The minimum Gasteiger partial charge on any atom is -0.496 e. The second-order valence-electron chi connectivity index (χ2n) is 4.25. The van der Waals surface area contributed by atoms with E-state index >= 15 is 0 Å². The molecule has 1 heterocycles. The minimum absolute atomic E-state index is 0.471. The van der Waals surface area contributed by atoms with Gasteiger partial charge in [0, 0.05) is 6.42 Å². The quantitative estimate of drug-likeness (QED) is 0.622. The van der Waals surface area contributed by atoms with Crippen LogP contribution in [0.3, 0.4) is 0 Å². The molecule has 0 radical (unpaired) electrons. The van der Waals surface area contributed by atoms with Crippen LogP contribution in [0.4, 0.5) is 0 Å². The Kier molecular flexibility index (Phi) is 6.49. The van der Waals surface area contributed by atoms with Crippen molar-refractivity contribution in [1.82, 2.24) is 5.32 Å². The van der Waals surface area contributed by atoms with E-state index in [1.54, 1.807) is 0 Å². The van der Waals surface area contributed by atoms with Crippen LogP contribution in [0.2, 0.25) is 0 Å². The number of hydrogen-bond donors (Lipinski definition) is 1. The fourth-order valence-corrected chi connectivity index (χ4v) is 1.94. The van der Waals surface area contributed by atoms with Gasteiger partial charge in [-0.2, -0.15) is 0 Å². The van der Waals surface area contributed by atoms with Crippen molar-refractivity contribution in [3.63, 3.8) is 0 Å². The Balaban J connectivity index is 2.30. The third kappa shape index (κ3) is 4.70. The Morgan fingerprint density at radius 2 is 2.20 bits per heavy atom. The van der Waals surface area contributed by atoms with Crippen molar-refractivity contribution < 1.29 is 4.74 Å². The monoisotopic (exact) mass is 211 g/mol. The van der Waals surface area contributed by atoms with Crippen LogP contribution in [0.5, 0.6) is 0 Å². The minimum atomic E-state index is 0.471. The summed E-state index contributed by atoms with van der Waals surface area (Å²) in [4.78, 5) is 0. The average Bonchev–Trinajstić information content (AvgIpc) is 2.76. The first-order valence-corrected chi connectivity index (χ1v) is 6.44. The molecule has 0 aromatic heterocycles. The highest BCUT2D eigenvalue weighted by Gasteiger charge is 2.17. The van der Waals surface area contributed by atoms with Gasteiger partial charge in [0.25, 0.3) is 0 Å². The van der Waals surface area contributed by atoms with E-state index in [1.807, 2.05) is 0 Å². The van der Waals surface area contributed by atoms with E-state index in [9.17, 15) is 0 Å². The van der Waals surface area contributed by atoms with E-state index in [0.717, 1.165) is 19.6 Å². The Morgan fingerprint density at radius 1 is 1.33 bits per heavy atom. The van der Waals surface area contributed by atoms with Gasteiger partial charge in [-0.25, -0.2) is 0 Å². The van der Waals surface area contributed by atoms with Gasteiger partial charge < -0.3 is 10.1 Å². The van der Waals surface area contributed by atoms with Crippen molar-refractivity contribution in [3.8, 4) is 0 Å². The first-order valence-electron chi connectivity index (χ1n) is 6.44. The fourth-order valence-electron chi connectivity index (χ4n) is 1.94. The Bertz CT molecular complexity index is 189. The predicted molar refractivity (Wildman–Crippen MR) is 64.9 cm³/mol. The standard InChI is InChI=1S/C13H25NO/c1-3-5-6-8-12(14-10-4-2)13-9-7-11-15-13/h9,12,14H,3-8,10-11H2,1-2H3. The van der Waals surface area contributed by atoms with Crippen LogP contribution in [0.1, 0.15) is 52.4 Å². The normalized spacial score (nSPS) is 17.3. The van der Waals surface area contributed by atoms with Gasteiger partial charge in [-0.3, -0.25) is 0 Å². The van der Waals surface area contributed by atoms with E-state index in [-0.39, 0.29) is 0 Å². The largest absolute Gasteiger partial charge is 0.496 e. The van der Waals surface area contributed by atoms with Gasteiger partial charge in [0.2, 0.25) is 0 Å². The Morgan fingerprint density at radius 3 is 2.80 bits per heavy atom. The molecule has 0 saturated heterocycles. The molecule has 0 amide bonds. The molecule has 0 aromatic carbocycles. The van der Waals surface area contributed by atoms with E-state index in [4.69, 9.17) is 4.74 Å². The molecule has 88 valence electrons. The second-order valence-corrected chi connectivity index (χ2v) is 4.25. The van der Waals surface area contributed by atoms with Crippen molar-refractivity contribution in [3.05, 3.63) is 11.8 Å². The molecule has 2 heteroatoms. The highest BCUT2D eigenvalue weighted by molar-refractivity contribution is 5.06. The van der Waals surface area contributed by atoms with E-state index < -0.39 is 0 Å². The van der Waals surface area contributed by atoms with Crippen molar-refractivity contribution in [1.29, 1.82) is 0 Å². The molecule has 1 atom stereocenters. The maximum atomic E-state index is 5.64. The number of unbranched alkanes of at least 4 members (excludes halogenated alkanes) is 2. The average molecular weight is 211 g/mol. The molecule has 1 unspecified atom stereocenters. The lowest BCUT2D eigenvalue weighted by Crippen LogP contribution is -2.31. The maximum Gasteiger partial charge on any atom is 0.109 e. The summed E-state index contributed by atoms with van der Waals surface area (Å²) >= 11 is 0. The zero-order valence-corrected chi connectivity index (χ0v) is 10.2. The highest BCUT2D eigenvalue weighted by Crippen LogP contribution is 2.18. The zero-order chi connectivity index (χ0) is 10.9. The van der Waals surface area contributed by atoms with Crippen LogP contribution in [0.15, 0.2) is 11.8 Å². The molecule has 15 heavy (non-hydrogen) atoms. The lowest BCUT2D eigenvalue weighted by atomic mass is 10.1. The van der Waals surface area contributed by atoms with Gasteiger partial charge in [0.15, 0.2) is 0 Å². The SMILES string of the molecule is CCCCCC(NCCC)C1=CCCO1. The smallest absolute Gasteiger partial charge is 0.109 e. The lowest BCUT2D eigenvalue weighted by molar-refractivity contribution is 0.210. The highest BCUT2D eigenvalue weighted by atomic mass is 16.5. The second kappa shape index (κ2) is 7.75. The molecular formula is C13H25NO. The van der Waals surface area contributed by atoms with Crippen LogP contribution in [0, 0.1) is 0 Å².